The van der Waals surface area contributed by atoms with Crippen LogP contribution in [-0.2, 0) is 0 Å². The fourth-order valence-electron chi connectivity index (χ4n) is 0.632. The zero-order valence-electron chi connectivity index (χ0n) is 7.59. The molecule has 1 aromatic heterocycles. The summed E-state index contributed by atoms with van der Waals surface area (Å²) >= 11 is 1.67. The van der Waals surface area contributed by atoms with Crippen molar-refractivity contribution in [3.05, 3.63) is 23.9 Å². The van der Waals surface area contributed by atoms with Crippen molar-refractivity contribution >= 4 is 11.8 Å². The standard InChI is InChI=1S/C7H9NS.C2H6/c1-6-4-3-5-7(8-6)9-2;1-2/h3-5H,1-2H3;1-2H3. The van der Waals surface area contributed by atoms with E-state index in [2.05, 4.69) is 4.98 Å². The van der Waals surface area contributed by atoms with Gasteiger partial charge in [0, 0.05) is 5.69 Å². The Balaban J connectivity index is 0.000000461. The van der Waals surface area contributed by atoms with Crippen LogP contribution in [0.15, 0.2) is 23.2 Å². The van der Waals surface area contributed by atoms with Crippen LogP contribution in [0.4, 0.5) is 0 Å². The van der Waals surface area contributed by atoms with Gasteiger partial charge in [-0.05, 0) is 25.3 Å². The second kappa shape index (κ2) is 6.23. The molecule has 2 heteroatoms. The summed E-state index contributed by atoms with van der Waals surface area (Å²) in [7, 11) is 0. The number of thioether (sulfide) groups is 1. The van der Waals surface area contributed by atoms with Crippen molar-refractivity contribution < 1.29 is 0 Å². The average Bonchev–Trinajstić information content (AvgIpc) is 2.08. The molecule has 0 aliphatic rings. The highest BCUT2D eigenvalue weighted by Gasteiger charge is 1.88. The first kappa shape index (κ1) is 10.5. The average molecular weight is 169 g/mol. The quantitative estimate of drug-likeness (QED) is 0.599. The van der Waals surface area contributed by atoms with Gasteiger partial charge in [-0.3, -0.25) is 0 Å². The van der Waals surface area contributed by atoms with E-state index in [4.69, 9.17) is 0 Å². The van der Waals surface area contributed by atoms with Gasteiger partial charge >= 0.3 is 0 Å². The summed E-state index contributed by atoms with van der Waals surface area (Å²) < 4.78 is 0. The Labute approximate surface area is 73.2 Å². The lowest BCUT2D eigenvalue weighted by Gasteiger charge is -1.93. The molecule has 0 fully saturated rings. The van der Waals surface area contributed by atoms with E-state index >= 15 is 0 Å². The van der Waals surface area contributed by atoms with Crippen molar-refractivity contribution in [1.82, 2.24) is 4.98 Å². The molecule has 0 aliphatic heterocycles. The summed E-state index contributed by atoms with van der Waals surface area (Å²) in [5.41, 5.74) is 1.09. The summed E-state index contributed by atoms with van der Waals surface area (Å²) in [6.45, 7) is 6.00. The molecule has 1 rings (SSSR count). The maximum atomic E-state index is 4.25. The van der Waals surface area contributed by atoms with Crippen LogP contribution >= 0.6 is 11.8 Å². The van der Waals surface area contributed by atoms with Gasteiger partial charge in [-0.15, -0.1) is 11.8 Å². The number of aryl methyl sites for hydroxylation is 1. The molecular weight excluding hydrogens is 154 g/mol. The predicted molar refractivity (Wildman–Crippen MR) is 52.1 cm³/mol. The Morgan fingerprint density at radius 1 is 1.27 bits per heavy atom. The molecule has 0 aromatic carbocycles. The Bertz CT molecular complexity index is 199. The molecule has 0 N–H and O–H groups in total. The minimum atomic E-state index is 1.09. The Morgan fingerprint density at radius 3 is 2.27 bits per heavy atom. The van der Waals surface area contributed by atoms with Crippen molar-refractivity contribution in [2.24, 2.45) is 0 Å². The maximum absolute atomic E-state index is 4.25. The molecule has 0 radical (unpaired) electrons. The van der Waals surface area contributed by atoms with Crippen LogP contribution in [0.25, 0.3) is 0 Å². The van der Waals surface area contributed by atoms with Crippen LogP contribution in [0.3, 0.4) is 0 Å². The molecule has 0 amide bonds. The summed E-state index contributed by atoms with van der Waals surface area (Å²) in [5.74, 6) is 0. The number of pyridine rings is 1. The smallest absolute Gasteiger partial charge is 0.0960 e. The van der Waals surface area contributed by atoms with Gasteiger partial charge in [-0.1, -0.05) is 19.9 Å². The summed E-state index contributed by atoms with van der Waals surface area (Å²) in [5, 5.41) is 1.09. The fraction of sp³-hybridized carbons (Fsp3) is 0.444. The fourth-order valence-corrected chi connectivity index (χ4v) is 1.08. The van der Waals surface area contributed by atoms with Gasteiger partial charge in [0.05, 0.1) is 5.03 Å². The van der Waals surface area contributed by atoms with E-state index in [1.165, 1.54) is 0 Å². The summed E-state index contributed by atoms with van der Waals surface area (Å²) in [4.78, 5) is 4.25. The number of hydrogen-bond donors (Lipinski definition) is 0. The van der Waals surface area contributed by atoms with E-state index in [-0.39, 0.29) is 0 Å². The molecule has 0 bridgehead atoms. The van der Waals surface area contributed by atoms with Crippen molar-refractivity contribution in [3.8, 4) is 0 Å². The highest BCUT2D eigenvalue weighted by Crippen LogP contribution is 2.09. The SMILES string of the molecule is CC.CSc1cccc(C)n1. The topological polar surface area (TPSA) is 12.9 Å². The Morgan fingerprint density at radius 2 is 1.91 bits per heavy atom. The minimum absolute atomic E-state index is 1.09. The molecule has 1 heterocycles. The number of hydrogen-bond acceptors (Lipinski definition) is 2. The second-order valence-corrected chi connectivity index (χ2v) is 2.65. The zero-order valence-corrected chi connectivity index (χ0v) is 8.40. The second-order valence-electron chi connectivity index (χ2n) is 1.82. The third-order valence-corrected chi connectivity index (χ3v) is 1.72. The predicted octanol–water partition coefficient (Wildman–Crippen LogP) is 3.14. The van der Waals surface area contributed by atoms with Gasteiger partial charge in [0.15, 0.2) is 0 Å². The lowest BCUT2D eigenvalue weighted by molar-refractivity contribution is 1.07. The van der Waals surface area contributed by atoms with Crippen molar-refractivity contribution in [1.29, 1.82) is 0 Å². The lowest BCUT2D eigenvalue weighted by Crippen LogP contribution is -1.80. The van der Waals surface area contributed by atoms with Crippen LogP contribution in [0, 0.1) is 6.92 Å². The van der Waals surface area contributed by atoms with Crippen LogP contribution < -0.4 is 0 Å². The first-order valence-electron chi connectivity index (χ1n) is 3.80. The van der Waals surface area contributed by atoms with Crippen LogP contribution in [-0.4, -0.2) is 11.2 Å². The molecule has 0 unspecified atom stereocenters. The number of nitrogens with zero attached hydrogens (tertiary/aromatic N) is 1. The maximum Gasteiger partial charge on any atom is 0.0960 e. The van der Waals surface area contributed by atoms with E-state index in [0.29, 0.717) is 0 Å². The first-order chi connectivity index (χ1) is 5.33. The highest BCUT2D eigenvalue weighted by molar-refractivity contribution is 7.98. The normalized spacial score (nSPS) is 8.36. The van der Waals surface area contributed by atoms with E-state index in [9.17, 15) is 0 Å². The van der Waals surface area contributed by atoms with E-state index in [0.717, 1.165) is 10.7 Å². The van der Waals surface area contributed by atoms with Crippen molar-refractivity contribution in [3.63, 3.8) is 0 Å². The Kier molecular flexibility index (Phi) is 5.94. The third kappa shape index (κ3) is 4.04. The highest BCUT2D eigenvalue weighted by atomic mass is 32.2. The zero-order chi connectivity index (χ0) is 8.69. The molecule has 0 saturated carbocycles. The molecule has 0 saturated heterocycles. The van der Waals surface area contributed by atoms with Crippen molar-refractivity contribution in [2.75, 3.05) is 6.26 Å². The number of aromatic nitrogens is 1. The van der Waals surface area contributed by atoms with Crippen LogP contribution in [0.5, 0.6) is 0 Å². The largest absolute Gasteiger partial charge is 0.247 e. The third-order valence-electron chi connectivity index (χ3n) is 1.07. The van der Waals surface area contributed by atoms with Gasteiger partial charge < -0.3 is 0 Å². The van der Waals surface area contributed by atoms with Gasteiger partial charge in [-0.25, -0.2) is 4.98 Å². The minimum Gasteiger partial charge on any atom is -0.247 e. The number of rotatable bonds is 1. The van der Waals surface area contributed by atoms with E-state index in [1.807, 2.05) is 45.2 Å². The van der Waals surface area contributed by atoms with E-state index in [1.54, 1.807) is 11.8 Å². The van der Waals surface area contributed by atoms with Crippen LogP contribution in [0.2, 0.25) is 0 Å². The molecule has 0 atom stereocenters. The first-order valence-corrected chi connectivity index (χ1v) is 5.03. The molecule has 0 aliphatic carbocycles. The molecule has 1 aromatic rings. The van der Waals surface area contributed by atoms with Gasteiger partial charge in [0.2, 0.25) is 0 Å². The van der Waals surface area contributed by atoms with Gasteiger partial charge in [0.25, 0.3) is 0 Å². The monoisotopic (exact) mass is 169 g/mol. The molecular formula is C9H15NS. The summed E-state index contributed by atoms with van der Waals surface area (Å²) in [6.07, 6.45) is 2.03. The van der Waals surface area contributed by atoms with Gasteiger partial charge in [-0.2, -0.15) is 0 Å². The van der Waals surface area contributed by atoms with Crippen molar-refractivity contribution in [2.45, 2.75) is 25.8 Å². The van der Waals surface area contributed by atoms with Gasteiger partial charge in [0.1, 0.15) is 0 Å². The molecule has 11 heavy (non-hydrogen) atoms. The Hall–Kier alpha value is -0.500. The lowest BCUT2D eigenvalue weighted by atomic mass is 10.4. The van der Waals surface area contributed by atoms with Crippen LogP contribution in [0.1, 0.15) is 19.5 Å². The molecule has 0 spiro atoms. The summed E-state index contributed by atoms with van der Waals surface area (Å²) in [6, 6.07) is 6.03. The molecule has 62 valence electrons. The molecule has 1 nitrogen and oxygen atoms in total. The van der Waals surface area contributed by atoms with E-state index < -0.39 is 0 Å².